The maximum Gasteiger partial charge on any atom is 0.264 e. The minimum atomic E-state index is -3.97. The van der Waals surface area contributed by atoms with Crippen LogP contribution in [0.15, 0.2) is 27.6 Å². The van der Waals surface area contributed by atoms with Crippen LogP contribution in [-0.2, 0) is 15.7 Å². The van der Waals surface area contributed by atoms with E-state index in [4.69, 9.17) is 19.9 Å². The van der Waals surface area contributed by atoms with E-state index in [2.05, 4.69) is 10.1 Å². The number of benzene rings is 1. The maximum atomic E-state index is 13.6. The van der Waals surface area contributed by atoms with Gasteiger partial charge in [0, 0.05) is 10.7 Å². The van der Waals surface area contributed by atoms with Crippen molar-refractivity contribution in [2.45, 2.75) is 18.4 Å². The lowest BCUT2D eigenvalue weighted by Crippen LogP contribution is -1.99. The molecule has 0 spiro atoms. The molecule has 0 unspecified atom stereocenters. The van der Waals surface area contributed by atoms with Crippen LogP contribution in [-0.4, -0.2) is 18.6 Å². The molecule has 0 radical (unpaired) electrons. The molecule has 0 atom stereocenters. The number of rotatable bonds is 4. The molecule has 2 aromatic rings. The molecule has 19 heavy (non-hydrogen) atoms. The van der Waals surface area contributed by atoms with Gasteiger partial charge in [0.15, 0.2) is 24.0 Å². The fraction of sp³-hybridized carbons (Fsp3) is 0.200. The normalized spacial score (nSPS) is 11.5. The Morgan fingerprint density at radius 2 is 2.21 bits per heavy atom. The number of halogens is 2. The highest BCUT2D eigenvalue weighted by molar-refractivity contribution is 8.13. The van der Waals surface area contributed by atoms with E-state index in [0.29, 0.717) is 5.82 Å². The first kappa shape index (κ1) is 13.8. The van der Waals surface area contributed by atoms with E-state index in [1.807, 2.05) is 0 Å². The predicted molar refractivity (Wildman–Crippen MR) is 62.8 cm³/mol. The summed E-state index contributed by atoms with van der Waals surface area (Å²) in [6.45, 7) is 1.51. The smallest absolute Gasteiger partial charge is 0.264 e. The van der Waals surface area contributed by atoms with Gasteiger partial charge in [0.1, 0.15) is 0 Å². The van der Waals surface area contributed by atoms with Gasteiger partial charge in [-0.3, -0.25) is 0 Å². The molecule has 0 fully saturated rings. The lowest BCUT2D eigenvalue weighted by molar-refractivity contribution is 0.234. The molecule has 0 aliphatic carbocycles. The number of nitrogens with zero attached hydrogens (tertiary/aromatic N) is 2. The Labute approximate surface area is 112 Å². The monoisotopic (exact) mass is 306 g/mol. The molecule has 102 valence electrons. The van der Waals surface area contributed by atoms with Crippen molar-refractivity contribution in [2.24, 2.45) is 0 Å². The second kappa shape index (κ2) is 5.14. The Morgan fingerprint density at radius 3 is 2.74 bits per heavy atom. The average Bonchev–Trinajstić information content (AvgIpc) is 2.72. The van der Waals surface area contributed by atoms with Crippen molar-refractivity contribution in [2.75, 3.05) is 0 Å². The summed E-state index contributed by atoms with van der Waals surface area (Å²) in [6.07, 6.45) is 0. The number of hydrogen-bond donors (Lipinski definition) is 0. The average molecular weight is 307 g/mol. The van der Waals surface area contributed by atoms with Crippen LogP contribution in [0.5, 0.6) is 5.75 Å². The fourth-order valence-electron chi connectivity index (χ4n) is 1.29. The van der Waals surface area contributed by atoms with Crippen LogP contribution in [0.25, 0.3) is 0 Å². The van der Waals surface area contributed by atoms with Crippen molar-refractivity contribution in [3.63, 3.8) is 0 Å². The van der Waals surface area contributed by atoms with Gasteiger partial charge in [-0.1, -0.05) is 5.16 Å². The van der Waals surface area contributed by atoms with E-state index < -0.39 is 14.9 Å². The first-order valence-electron chi connectivity index (χ1n) is 5.02. The van der Waals surface area contributed by atoms with Gasteiger partial charge in [0.25, 0.3) is 14.9 Å². The van der Waals surface area contributed by atoms with Crippen LogP contribution in [0.3, 0.4) is 0 Å². The van der Waals surface area contributed by atoms with Gasteiger partial charge in [0.2, 0.25) is 0 Å². The summed E-state index contributed by atoms with van der Waals surface area (Å²) in [5.41, 5.74) is 0. The first-order valence-corrected chi connectivity index (χ1v) is 7.33. The highest BCUT2D eigenvalue weighted by atomic mass is 35.7. The Hall–Kier alpha value is -1.67. The molecule has 6 nitrogen and oxygen atoms in total. The molecule has 1 aromatic heterocycles. The number of aryl methyl sites for hydroxylation is 1. The Bertz CT molecular complexity index is 701. The Morgan fingerprint density at radius 1 is 1.47 bits per heavy atom. The molecule has 0 aliphatic heterocycles. The molecular weight excluding hydrogens is 299 g/mol. The minimum absolute atomic E-state index is 0.120. The molecule has 2 rings (SSSR count). The molecule has 0 amide bonds. The Kier molecular flexibility index (Phi) is 3.72. The number of aromatic nitrogens is 2. The summed E-state index contributed by atoms with van der Waals surface area (Å²) in [5.74, 6) is -0.369. The van der Waals surface area contributed by atoms with Gasteiger partial charge in [-0.05, 0) is 25.1 Å². The van der Waals surface area contributed by atoms with Crippen LogP contribution in [0.2, 0.25) is 0 Å². The standard InChI is InChI=1S/C10H8ClFN2O4S/c1-6-13-10(18-14-6)5-17-9-3-2-7(4-8(9)12)19(11,15)16/h2-4H,5H2,1H3. The number of ether oxygens (including phenoxy) is 1. The molecule has 0 saturated carbocycles. The van der Waals surface area contributed by atoms with E-state index in [1.54, 1.807) is 6.92 Å². The van der Waals surface area contributed by atoms with E-state index in [1.165, 1.54) is 0 Å². The summed E-state index contributed by atoms with van der Waals surface area (Å²) < 4.78 is 45.5. The van der Waals surface area contributed by atoms with Crippen LogP contribution >= 0.6 is 10.7 Å². The second-order valence-corrected chi connectivity index (χ2v) is 6.12. The quantitative estimate of drug-likeness (QED) is 0.804. The molecule has 0 aliphatic rings. The van der Waals surface area contributed by atoms with Crippen LogP contribution < -0.4 is 4.74 Å². The predicted octanol–water partition coefficient (Wildman–Crippen LogP) is 2.02. The molecular formula is C10H8ClFN2O4S. The fourth-order valence-corrected chi connectivity index (χ4v) is 2.05. The van der Waals surface area contributed by atoms with E-state index in [-0.39, 0.29) is 23.1 Å². The lowest BCUT2D eigenvalue weighted by Gasteiger charge is -2.05. The summed E-state index contributed by atoms with van der Waals surface area (Å²) in [5, 5.41) is 3.54. The van der Waals surface area contributed by atoms with Gasteiger partial charge in [-0.25, -0.2) is 12.8 Å². The molecule has 1 aromatic carbocycles. The topological polar surface area (TPSA) is 82.3 Å². The SMILES string of the molecule is Cc1noc(COc2ccc(S(=O)(=O)Cl)cc2F)n1. The van der Waals surface area contributed by atoms with Crippen LogP contribution in [0.1, 0.15) is 11.7 Å². The van der Waals surface area contributed by atoms with Gasteiger partial charge in [0.05, 0.1) is 4.90 Å². The first-order chi connectivity index (χ1) is 8.86. The summed E-state index contributed by atoms with van der Waals surface area (Å²) >= 11 is 0. The third-order valence-corrected chi connectivity index (χ3v) is 3.46. The van der Waals surface area contributed by atoms with Gasteiger partial charge >= 0.3 is 0 Å². The van der Waals surface area contributed by atoms with Gasteiger partial charge in [-0.2, -0.15) is 4.98 Å². The zero-order chi connectivity index (χ0) is 14.0. The third-order valence-electron chi connectivity index (χ3n) is 2.11. The molecule has 1 heterocycles. The van der Waals surface area contributed by atoms with Crippen LogP contribution in [0.4, 0.5) is 4.39 Å². The Balaban J connectivity index is 2.14. The molecule has 0 N–H and O–H groups in total. The maximum absolute atomic E-state index is 13.6. The van der Waals surface area contributed by atoms with Crippen molar-refractivity contribution in [1.29, 1.82) is 0 Å². The summed E-state index contributed by atoms with van der Waals surface area (Å²) in [7, 11) is 1.12. The van der Waals surface area contributed by atoms with Crippen molar-refractivity contribution < 1.29 is 22.1 Å². The molecule has 9 heteroatoms. The van der Waals surface area contributed by atoms with E-state index >= 15 is 0 Å². The van der Waals surface area contributed by atoms with Gasteiger partial charge < -0.3 is 9.26 Å². The van der Waals surface area contributed by atoms with Gasteiger partial charge in [-0.15, -0.1) is 0 Å². The molecule has 0 saturated heterocycles. The highest BCUT2D eigenvalue weighted by Crippen LogP contribution is 2.23. The molecule has 0 bridgehead atoms. The van der Waals surface area contributed by atoms with Crippen LogP contribution in [0, 0.1) is 12.7 Å². The summed E-state index contributed by atoms with van der Waals surface area (Å²) in [6, 6.07) is 3.07. The largest absolute Gasteiger partial charge is 0.481 e. The summed E-state index contributed by atoms with van der Waals surface area (Å²) in [4.78, 5) is 3.53. The van der Waals surface area contributed by atoms with Crippen molar-refractivity contribution in [3.8, 4) is 5.75 Å². The minimum Gasteiger partial charge on any atom is -0.481 e. The van der Waals surface area contributed by atoms with E-state index in [9.17, 15) is 12.8 Å². The van der Waals surface area contributed by atoms with Crippen molar-refractivity contribution in [1.82, 2.24) is 10.1 Å². The zero-order valence-corrected chi connectivity index (χ0v) is 11.2. The number of hydrogen-bond acceptors (Lipinski definition) is 6. The third kappa shape index (κ3) is 3.42. The van der Waals surface area contributed by atoms with Crippen molar-refractivity contribution >= 4 is 19.7 Å². The second-order valence-electron chi connectivity index (χ2n) is 3.55. The lowest BCUT2D eigenvalue weighted by atomic mass is 10.3. The highest BCUT2D eigenvalue weighted by Gasteiger charge is 2.14. The van der Waals surface area contributed by atoms with E-state index in [0.717, 1.165) is 18.2 Å². The zero-order valence-electron chi connectivity index (χ0n) is 9.63. The van der Waals surface area contributed by atoms with Crippen molar-refractivity contribution in [3.05, 3.63) is 35.7 Å².